The van der Waals surface area contributed by atoms with Crippen LogP contribution < -0.4 is 5.73 Å². The van der Waals surface area contributed by atoms with Gasteiger partial charge < -0.3 is 10.3 Å². The number of para-hydroxylation sites is 1. The Morgan fingerprint density at radius 2 is 2.05 bits per heavy atom. The van der Waals surface area contributed by atoms with E-state index in [-0.39, 0.29) is 5.69 Å². The summed E-state index contributed by atoms with van der Waals surface area (Å²) in [5.41, 5.74) is 8.50. The van der Waals surface area contributed by atoms with Gasteiger partial charge in [-0.15, -0.1) is 0 Å². The zero-order valence-electron chi connectivity index (χ0n) is 11.2. The quantitative estimate of drug-likeness (QED) is 0.712. The molecule has 21 heavy (non-hydrogen) atoms. The number of hydrogen-bond donors (Lipinski definition) is 1. The molecule has 1 fully saturated rings. The van der Waals surface area contributed by atoms with Crippen molar-refractivity contribution >= 4 is 28.3 Å². The van der Waals surface area contributed by atoms with Gasteiger partial charge in [-0.05, 0) is 43.2 Å². The number of benzene rings is 2. The van der Waals surface area contributed by atoms with Gasteiger partial charge >= 0.3 is 0 Å². The Hall–Kier alpha value is -2.07. The van der Waals surface area contributed by atoms with Crippen molar-refractivity contribution in [2.45, 2.75) is 18.9 Å². The van der Waals surface area contributed by atoms with Gasteiger partial charge in [0.1, 0.15) is 11.6 Å². The molecule has 1 aromatic heterocycles. The summed E-state index contributed by atoms with van der Waals surface area (Å²) in [6.45, 7) is 0. The number of aromatic nitrogens is 2. The lowest BCUT2D eigenvalue weighted by Gasteiger charge is -2.10. The molecule has 4 rings (SSSR count). The fraction of sp³-hybridized carbons (Fsp3) is 0.188. The van der Waals surface area contributed by atoms with Crippen LogP contribution in [0.15, 0.2) is 36.4 Å². The number of halogens is 2. The smallest absolute Gasteiger partial charge is 0.146 e. The van der Waals surface area contributed by atoms with Gasteiger partial charge in [0.15, 0.2) is 0 Å². The van der Waals surface area contributed by atoms with Gasteiger partial charge in [-0.3, -0.25) is 0 Å². The van der Waals surface area contributed by atoms with Gasteiger partial charge in [0.05, 0.1) is 16.7 Å². The molecule has 5 heteroatoms. The highest BCUT2D eigenvalue weighted by Gasteiger charge is 2.29. The van der Waals surface area contributed by atoms with E-state index in [2.05, 4.69) is 9.55 Å². The van der Waals surface area contributed by atoms with Crippen LogP contribution in [-0.4, -0.2) is 9.55 Å². The molecule has 106 valence electrons. The minimum atomic E-state index is -0.417. The zero-order valence-corrected chi connectivity index (χ0v) is 11.9. The Bertz CT molecular complexity index is 852. The van der Waals surface area contributed by atoms with Crippen LogP contribution in [0.5, 0.6) is 0 Å². The van der Waals surface area contributed by atoms with Crippen LogP contribution in [0.25, 0.3) is 22.4 Å². The normalized spacial score (nSPS) is 14.8. The Kier molecular flexibility index (Phi) is 2.69. The monoisotopic (exact) mass is 301 g/mol. The van der Waals surface area contributed by atoms with E-state index < -0.39 is 5.82 Å². The summed E-state index contributed by atoms with van der Waals surface area (Å²) >= 11 is 6.10. The largest absolute Gasteiger partial charge is 0.396 e. The van der Waals surface area contributed by atoms with E-state index in [4.69, 9.17) is 17.3 Å². The summed E-state index contributed by atoms with van der Waals surface area (Å²) in [5.74, 6) is 0.298. The highest BCUT2D eigenvalue weighted by atomic mass is 35.5. The van der Waals surface area contributed by atoms with Crippen LogP contribution in [-0.2, 0) is 0 Å². The Morgan fingerprint density at radius 3 is 2.81 bits per heavy atom. The van der Waals surface area contributed by atoms with E-state index in [0.29, 0.717) is 22.5 Å². The SMILES string of the molecule is Nc1c(F)cccc1-c1nc2ccc(Cl)cc2n1C1CC1. The predicted molar refractivity (Wildman–Crippen MR) is 82.8 cm³/mol. The molecule has 3 nitrogen and oxygen atoms in total. The molecule has 3 aromatic rings. The minimum absolute atomic E-state index is 0.140. The van der Waals surface area contributed by atoms with Crippen molar-refractivity contribution < 1.29 is 4.39 Å². The molecule has 1 heterocycles. The second-order valence-electron chi connectivity index (χ2n) is 5.37. The van der Waals surface area contributed by atoms with E-state index in [1.807, 2.05) is 18.2 Å². The van der Waals surface area contributed by atoms with Gasteiger partial charge in [0.25, 0.3) is 0 Å². The molecule has 1 aliphatic rings. The third-order valence-corrected chi connectivity index (χ3v) is 4.09. The lowest BCUT2D eigenvalue weighted by atomic mass is 10.1. The molecule has 2 N–H and O–H groups in total. The summed E-state index contributed by atoms with van der Waals surface area (Å²) in [7, 11) is 0. The number of nitrogens with two attached hydrogens (primary N) is 1. The van der Waals surface area contributed by atoms with E-state index >= 15 is 0 Å². The van der Waals surface area contributed by atoms with E-state index in [9.17, 15) is 4.39 Å². The average molecular weight is 302 g/mol. The van der Waals surface area contributed by atoms with Crippen molar-refractivity contribution in [2.24, 2.45) is 0 Å². The van der Waals surface area contributed by atoms with Gasteiger partial charge in [-0.1, -0.05) is 17.7 Å². The molecular formula is C16H13ClFN3. The number of fused-ring (bicyclic) bond motifs is 1. The Morgan fingerprint density at radius 1 is 1.24 bits per heavy atom. The summed E-state index contributed by atoms with van der Waals surface area (Å²) in [6, 6.07) is 10.8. The minimum Gasteiger partial charge on any atom is -0.396 e. The summed E-state index contributed by atoms with van der Waals surface area (Å²) in [4.78, 5) is 4.64. The maximum Gasteiger partial charge on any atom is 0.146 e. The first-order chi connectivity index (χ1) is 10.1. The molecule has 1 aliphatic carbocycles. The first-order valence-electron chi connectivity index (χ1n) is 6.87. The highest BCUT2D eigenvalue weighted by molar-refractivity contribution is 6.31. The Balaban J connectivity index is 2.04. The molecule has 1 saturated carbocycles. The summed E-state index contributed by atoms with van der Waals surface area (Å²) < 4.78 is 15.9. The first-order valence-corrected chi connectivity index (χ1v) is 7.25. The number of hydrogen-bond acceptors (Lipinski definition) is 2. The fourth-order valence-corrected chi connectivity index (χ4v) is 2.86. The maximum absolute atomic E-state index is 13.7. The van der Waals surface area contributed by atoms with E-state index in [0.717, 1.165) is 23.9 Å². The molecule has 0 bridgehead atoms. The molecule has 0 saturated heterocycles. The standard InChI is InChI=1S/C16H13ClFN3/c17-9-4-7-13-14(8-9)21(10-5-6-10)16(20-13)11-2-1-3-12(18)15(11)19/h1-4,7-8,10H,5-6,19H2. The number of anilines is 1. The predicted octanol–water partition coefficient (Wildman–Crippen LogP) is 4.41. The van der Waals surface area contributed by atoms with Crippen molar-refractivity contribution in [3.05, 3.63) is 47.2 Å². The lowest BCUT2D eigenvalue weighted by molar-refractivity contribution is 0.632. The molecule has 0 amide bonds. The van der Waals surface area contributed by atoms with Crippen molar-refractivity contribution in [1.29, 1.82) is 0 Å². The summed E-state index contributed by atoms with van der Waals surface area (Å²) in [6.07, 6.45) is 2.19. The van der Waals surface area contributed by atoms with E-state index in [1.54, 1.807) is 12.1 Å². The van der Waals surface area contributed by atoms with Crippen LogP contribution in [0, 0.1) is 5.82 Å². The molecule has 0 spiro atoms. The van der Waals surface area contributed by atoms with Crippen molar-refractivity contribution in [1.82, 2.24) is 9.55 Å². The second kappa shape index (κ2) is 4.46. The fourth-order valence-electron chi connectivity index (χ4n) is 2.69. The zero-order chi connectivity index (χ0) is 14.6. The number of imidazole rings is 1. The molecular weight excluding hydrogens is 289 g/mol. The van der Waals surface area contributed by atoms with Crippen LogP contribution in [0.2, 0.25) is 5.02 Å². The van der Waals surface area contributed by atoms with Crippen molar-refractivity contribution in [3.8, 4) is 11.4 Å². The van der Waals surface area contributed by atoms with Gasteiger partial charge in [0.2, 0.25) is 0 Å². The van der Waals surface area contributed by atoms with Gasteiger partial charge in [0, 0.05) is 16.6 Å². The topological polar surface area (TPSA) is 43.8 Å². The first kappa shape index (κ1) is 12.7. The van der Waals surface area contributed by atoms with Crippen LogP contribution in [0.1, 0.15) is 18.9 Å². The van der Waals surface area contributed by atoms with E-state index in [1.165, 1.54) is 6.07 Å². The van der Waals surface area contributed by atoms with Crippen LogP contribution in [0.4, 0.5) is 10.1 Å². The number of nitrogen functional groups attached to an aromatic ring is 1. The number of nitrogens with zero attached hydrogens (tertiary/aromatic N) is 2. The van der Waals surface area contributed by atoms with Crippen LogP contribution in [0.3, 0.4) is 0 Å². The Labute approximate surface area is 126 Å². The van der Waals surface area contributed by atoms with Crippen LogP contribution >= 0.6 is 11.6 Å². The molecule has 0 aliphatic heterocycles. The molecule has 0 radical (unpaired) electrons. The van der Waals surface area contributed by atoms with Crippen molar-refractivity contribution in [3.63, 3.8) is 0 Å². The van der Waals surface area contributed by atoms with Crippen molar-refractivity contribution in [2.75, 3.05) is 5.73 Å². The maximum atomic E-state index is 13.7. The van der Waals surface area contributed by atoms with Gasteiger partial charge in [-0.25, -0.2) is 9.37 Å². The molecule has 0 unspecified atom stereocenters. The van der Waals surface area contributed by atoms with Gasteiger partial charge in [-0.2, -0.15) is 0 Å². The average Bonchev–Trinajstić information content (AvgIpc) is 3.23. The third-order valence-electron chi connectivity index (χ3n) is 3.86. The molecule has 2 aromatic carbocycles. The highest BCUT2D eigenvalue weighted by Crippen LogP contribution is 2.42. The number of rotatable bonds is 2. The summed E-state index contributed by atoms with van der Waals surface area (Å²) in [5, 5.41) is 0.670. The second-order valence-corrected chi connectivity index (χ2v) is 5.81. The molecule has 0 atom stereocenters. The lowest BCUT2D eigenvalue weighted by Crippen LogP contribution is -2.01. The third kappa shape index (κ3) is 1.98.